The number of likely N-dealkylation sites (tertiary alicyclic amines) is 1. The van der Waals surface area contributed by atoms with Crippen molar-refractivity contribution < 1.29 is 4.39 Å². The van der Waals surface area contributed by atoms with Crippen LogP contribution in [0.25, 0.3) is 0 Å². The van der Waals surface area contributed by atoms with E-state index < -0.39 is 0 Å². The Labute approximate surface area is 147 Å². The summed E-state index contributed by atoms with van der Waals surface area (Å²) in [6.45, 7) is 4.40. The topological polar surface area (TPSA) is 40.5 Å². The Bertz CT molecular complexity index is 637. The first-order chi connectivity index (χ1) is 11.7. The third-order valence-electron chi connectivity index (χ3n) is 5.93. The van der Waals surface area contributed by atoms with Crippen molar-refractivity contribution in [1.82, 2.24) is 15.2 Å². The zero-order chi connectivity index (χ0) is 16.7. The maximum Gasteiger partial charge on any atom is 0.146 e. The van der Waals surface area contributed by atoms with Crippen molar-refractivity contribution in [2.45, 2.75) is 50.4 Å². The van der Waals surface area contributed by atoms with E-state index in [1.165, 1.54) is 11.2 Å². The van der Waals surface area contributed by atoms with Gasteiger partial charge in [0.25, 0.3) is 0 Å². The summed E-state index contributed by atoms with van der Waals surface area (Å²) in [5.41, 5.74) is 0.763. The molecular formula is C18H25FN4S. The molecule has 130 valence electrons. The van der Waals surface area contributed by atoms with Crippen LogP contribution < -0.4 is 5.32 Å². The highest BCUT2D eigenvalue weighted by molar-refractivity contribution is 8.13. The molecule has 6 heteroatoms. The first-order valence-corrected chi connectivity index (χ1v) is 10.1. The number of nitrogens with zero attached hydrogens (tertiary/aromatic N) is 3. The second kappa shape index (κ2) is 6.73. The van der Waals surface area contributed by atoms with Gasteiger partial charge in [0.05, 0.1) is 17.8 Å². The summed E-state index contributed by atoms with van der Waals surface area (Å²) in [5, 5.41) is 4.95. The zero-order valence-electron chi connectivity index (χ0n) is 14.3. The second-order valence-corrected chi connectivity index (χ2v) is 8.12. The maximum absolute atomic E-state index is 14.1. The molecule has 0 bridgehead atoms. The molecule has 0 radical (unpaired) electrons. The van der Waals surface area contributed by atoms with Crippen molar-refractivity contribution in [2.75, 3.05) is 19.3 Å². The smallest absolute Gasteiger partial charge is 0.146 e. The molecule has 1 aromatic rings. The minimum Gasteiger partial charge on any atom is -0.305 e. The van der Waals surface area contributed by atoms with Crippen LogP contribution >= 0.6 is 11.8 Å². The molecule has 0 aliphatic carbocycles. The fourth-order valence-corrected chi connectivity index (χ4v) is 5.30. The highest BCUT2D eigenvalue weighted by Crippen LogP contribution is 2.39. The standard InChI is InChI=1S/C18H25FN4S/c1-11-7-18(24-2)21-10-17(11)23-6-4-14-16(23)8-15(22-14)12-3-5-20-9-13(12)19/h3,5,9,11,14-17,22H,4,6-8,10H2,1-2H3. The molecule has 2 fully saturated rings. The third-order valence-corrected chi connectivity index (χ3v) is 6.70. The van der Waals surface area contributed by atoms with Crippen molar-refractivity contribution in [1.29, 1.82) is 0 Å². The summed E-state index contributed by atoms with van der Waals surface area (Å²) in [5.74, 6) is 0.446. The van der Waals surface area contributed by atoms with E-state index >= 15 is 0 Å². The van der Waals surface area contributed by atoms with Crippen molar-refractivity contribution >= 4 is 16.8 Å². The van der Waals surface area contributed by atoms with Crippen LogP contribution in [-0.4, -0.2) is 52.4 Å². The first kappa shape index (κ1) is 16.5. The van der Waals surface area contributed by atoms with Gasteiger partial charge in [-0.3, -0.25) is 14.9 Å². The Balaban J connectivity index is 1.49. The molecule has 1 aromatic heterocycles. The summed E-state index contributed by atoms with van der Waals surface area (Å²) in [6, 6.07) is 3.42. The van der Waals surface area contributed by atoms with Crippen LogP contribution in [0.1, 0.15) is 37.8 Å². The van der Waals surface area contributed by atoms with Crippen LogP contribution in [0.5, 0.6) is 0 Å². The van der Waals surface area contributed by atoms with E-state index in [1.807, 2.05) is 6.07 Å². The number of aliphatic imine (C=N–C) groups is 1. The lowest BCUT2D eigenvalue weighted by atomic mass is 9.93. The zero-order valence-corrected chi connectivity index (χ0v) is 15.1. The van der Waals surface area contributed by atoms with Gasteiger partial charge in [0.2, 0.25) is 0 Å². The molecule has 5 atom stereocenters. The molecule has 2 saturated heterocycles. The number of thioether (sulfide) groups is 1. The van der Waals surface area contributed by atoms with E-state index in [2.05, 4.69) is 28.4 Å². The molecule has 0 saturated carbocycles. The highest BCUT2D eigenvalue weighted by atomic mass is 32.2. The van der Waals surface area contributed by atoms with Gasteiger partial charge in [-0.25, -0.2) is 4.39 Å². The van der Waals surface area contributed by atoms with Crippen LogP contribution in [0.2, 0.25) is 0 Å². The molecule has 3 aliphatic heterocycles. The number of fused-ring (bicyclic) bond motifs is 1. The normalized spacial score (nSPS) is 36.6. The molecule has 24 heavy (non-hydrogen) atoms. The van der Waals surface area contributed by atoms with Crippen LogP contribution in [0.4, 0.5) is 4.39 Å². The van der Waals surface area contributed by atoms with E-state index in [0.717, 1.165) is 37.9 Å². The number of hydrogen-bond acceptors (Lipinski definition) is 5. The Hall–Kier alpha value is -0.980. The molecular weight excluding hydrogens is 323 g/mol. The van der Waals surface area contributed by atoms with E-state index in [9.17, 15) is 4.39 Å². The van der Waals surface area contributed by atoms with Gasteiger partial charge in [0, 0.05) is 42.5 Å². The van der Waals surface area contributed by atoms with Gasteiger partial charge in [-0.1, -0.05) is 6.92 Å². The number of aromatic nitrogens is 1. The van der Waals surface area contributed by atoms with Gasteiger partial charge in [0.1, 0.15) is 5.82 Å². The van der Waals surface area contributed by atoms with Gasteiger partial charge in [0.15, 0.2) is 0 Å². The average molecular weight is 348 g/mol. The molecule has 0 spiro atoms. The highest BCUT2D eigenvalue weighted by Gasteiger charge is 2.46. The lowest BCUT2D eigenvalue weighted by Crippen LogP contribution is -2.48. The fourth-order valence-electron chi connectivity index (χ4n) is 4.67. The summed E-state index contributed by atoms with van der Waals surface area (Å²) in [4.78, 5) is 11.3. The summed E-state index contributed by atoms with van der Waals surface area (Å²) >= 11 is 1.78. The molecule has 4 heterocycles. The Kier molecular flexibility index (Phi) is 4.62. The second-order valence-electron chi connectivity index (χ2n) is 7.24. The molecule has 5 unspecified atom stereocenters. The van der Waals surface area contributed by atoms with E-state index in [1.54, 1.807) is 18.0 Å². The summed E-state index contributed by atoms with van der Waals surface area (Å²) in [7, 11) is 0. The maximum atomic E-state index is 14.1. The quantitative estimate of drug-likeness (QED) is 0.892. The predicted molar refractivity (Wildman–Crippen MR) is 97.0 cm³/mol. The van der Waals surface area contributed by atoms with Crippen molar-refractivity contribution in [3.8, 4) is 0 Å². The molecule has 0 aromatic carbocycles. The Morgan fingerprint density at radius 3 is 3.00 bits per heavy atom. The van der Waals surface area contributed by atoms with Crippen LogP contribution in [-0.2, 0) is 0 Å². The largest absolute Gasteiger partial charge is 0.305 e. The fraction of sp³-hybridized carbons (Fsp3) is 0.667. The van der Waals surface area contributed by atoms with E-state index in [4.69, 9.17) is 4.99 Å². The minimum absolute atomic E-state index is 0.106. The van der Waals surface area contributed by atoms with Gasteiger partial charge < -0.3 is 5.32 Å². The van der Waals surface area contributed by atoms with E-state index in [-0.39, 0.29) is 11.9 Å². The van der Waals surface area contributed by atoms with Crippen molar-refractivity contribution in [3.05, 3.63) is 29.8 Å². The van der Waals surface area contributed by atoms with Gasteiger partial charge in [-0.05, 0) is 37.5 Å². The number of nitrogens with one attached hydrogen (secondary N) is 1. The van der Waals surface area contributed by atoms with Crippen molar-refractivity contribution in [3.63, 3.8) is 0 Å². The molecule has 0 amide bonds. The van der Waals surface area contributed by atoms with E-state index in [0.29, 0.717) is 24.0 Å². The lowest BCUT2D eigenvalue weighted by molar-refractivity contribution is 0.135. The summed E-state index contributed by atoms with van der Waals surface area (Å²) < 4.78 is 14.1. The van der Waals surface area contributed by atoms with Gasteiger partial charge in [-0.2, -0.15) is 0 Å². The molecule has 4 nitrogen and oxygen atoms in total. The number of rotatable bonds is 2. The first-order valence-electron chi connectivity index (χ1n) is 8.86. The van der Waals surface area contributed by atoms with Crippen LogP contribution in [0, 0.1) is 11.7 Å². The summed E-state index contributed by atoms with van der Waals surface area (Å²) in [6.07, 6.45) is 8.35. The predicted octanol–water partition coefficient (Wildman–Crippen LogP) is 2.87. The molecule has 4 rings (SSSR count). The molecule has 1 N–H and O–H groups in total. The van der Waals surface area contributed by atoms with Crippen molar-refractivity contribution in [2.24, 2.45) is 10.9 Å². The van der Waals surface area contributed by atoms with Crippen LogP contribution in [0.15, 0.2) is 23.5 Å². The SMILES string of the molecule is CSC1=NCC(N2CCC3NC(c4ccncc4F)CC32)C(C)C1. The van der Waals surface area contributed by atoms with Crippen LogP contribution in [0.3, 0.4) is 0 Å². The number of halogens is 1. The molecule has 3 aliphatic rings. The average Bonchev–Trinajstić information content (AvgIpc) is 3.16. The monoisotopic (exact) mass is 348 g/mol. The van der Waals surface area contributed by atoms with Gasteiger partial charge in [-0.15, -0.1) is 11.8 Å². The number of pyridine rings is 1. The lowest BCUT2D eigenvalue weighted by Gasteiger charge is -2.38. The third kappa shape index (κ3) is 2.89. The number of hydrogen-bond donors (Lipinski definition) is 1. The Morgan fingerprint density at radius 2 is 2.25 bits per heavy atom. The Morgan fingerprint density at radius 1 is 1.38 bits per heavy atom. The minimum atomic E-state index is -0.193. The van der Waals surface area contributed by atoms with Gasteiger partial charge >= 0.3 is 0 Å².